The Kier molecular flexibility index (Phi) is 3.49. The second kappa shape index (κ2) is 4.89. The molecule has 0 saturated heterocycles. The summed E-state index contributed by atoms with van der Waals surface area (Å²) in [6.45, 7) is 0. The first-order valence-electron chi connectivity index (χ1n) is 5.42. The van der Waals surface area contributed by atoms with Crippen molar-refractivity contribution < 1.29 is 9.66 Å². The van der Waals surface area contributed by atoms with Gasteiger partial charge in [0.2, 0.25) is 0 Å². The van der Waals surface area contributed by atoms with Crippen LogP contribution in [0.25, 0.3) is 0 Å². The highest BCUT2D eigenvalue weighted by Gasteiger charge is 2.24. The quantitative estimate of drug-likeness (QED) is 0.666. The standard InChI is InChI=1S/C11H13ClN2O3/c12-10-6-8(14(15)16)2-4-11(10)17-9-3-1-7(13)5-9/h2,4,6-7,9H,1,3,5,13H2. The zero-order chi connectivity index (χ0) is 12.4. The van der Waals surface area contributed by atoms with Crippen LogP contribution in [-0.2, 0) is 0 Å². The van der Waals surface area contributed by atoms with Crippen molar-refractivity contribution in [3.63, 3.8) is 0 Å². The first-order chi connectivity index (χ1) is 8.06. The number of rotatable bonds is 3. The van der Waals surface area contributed by atoms with E-state index in [0.717, 1.165) is 19.3 Å². The molecule has 2 unspecified atom stereocenters. The molecule has 17 heavy (non-hydrogen) atoms. The molecule has 5 nitrogen and oxygen atoms in total. The van der Waals surface area contributed by atoms with Crippen LogP contribution in [0.4, 0.5) is 5.69 Å². The van der Waals surface area contributed by atoms with Crippen molar-refractivity contribution in [1.82, 2.24) is 0 Å². The Bertz CT molecular complexity index is 439. The van der Waals surface area contributed by atoms with Gasteiger partial charge in [0.25, 0.3) is 5.69 Å². The van der Waals surface area contributed by atoms with E-state index in [1.165, 1.54) is 18.2 Å². The molecule has 2 rings (SSSR count). The van der Waals surface area contributed by atoms with Gasteiger partial charge in [-0.2, -0.15) is 0 Å². The van der Waals surface area contributed by atoms with E-state index in [1.807, 2.05) is 0 Å². The molecule has 6 heteroatoms. The predicted molar refractivity (Wildman–Crippen MR) is 64.3 cm³/mol. The second-order valence-electron chi connectivity index (χ2n) is 4.18. The third-order valence-electron chi connectivity index (χ3n) is 2.84. The summed E-state index contributed by atoms with van der Waals surface area (Å²) < 4.78 is 5.68. The van der Waals surface area contributed by atoms with E-state index in [4.69, 9.17) is 22.1 Å². The second-order valence-corrected chi connectivity index (χ2v) is 4.59. The average Bonchev–Trinajstić information content (AvgIpc) is 2.67. The van der Waals surface area contributed by atoms with Crippen molar-refractivity contribution >= 4 is 17.3 Å². The molecular weight excluding hydrogens is 244 g/mol. The number of hydrogen-bond donors (Lipinski definition) is 1. The lowest BCUT2D eigenvalue weighted by Crippen LogP contribution is -2.19. The van der Waals surface area contributed by atoms with Crippen LogP contribution in [0.3, 0.4) is 0 Å². The van der Waals surface area contributed by atoms with E-state index < -0.39 is 4.92 Å². The molecule has 0 aliphatic heterocycles. The number of nitrogens with zero attached hydrogens (tertiary/aromatic N) is 1. The molecule has 1 saturated carbocycles. The smallest absolute Gasteiger partial charge is 0.271 e. The van der Waals surface area contributed by atoms with Crippen molar-refractivity contribution in [3.8, 4) is 5.75 Å². The molecule has 0 heterocycles. The Morgan fingerprint density at radius 2 is 2.24 bits per heavy atom. The van der Waals surface area contributed by atoms with E-state index in [9.17, 15) is 10.1 Å². The third-order valence-corrected chi connectivity index (χ3v) is 3.14. The fourth-order valence-corrected chi connectivity index (χ4v) is 2.18. The van der Waals surface area contributed by atoms with Gasteiger partial charge in [-0.25, -0.2) is 0 Å². The van der Waals surface area contributed by atoms with Crippen LogP contribution in [0, 0.1) is 10.1 Å². The number of nitro groups is 1. The molecule has 0 radical (unpaired) electrons. The number of hydrogen-bond acceptors (Lipinski definition) is 4. The number of non-ortho nitro benzene ring substituents is 1. The normalized spacial score (nSPS) is 23.6. The van der Waals surface area contributed by atoms with Crippen LogP contribution in [0.2, 0.25) is 5.02 Å². The summed E-state index contributed by atoms with van der Waals surface area (Å²) in [5.74, 6) is 0.483. The molecule has 1 fully saturated rings. The van der Waals surface area contributed by atoms with Crippen LogP contribution in [0.15, 0.2) is 18.2 Å². The summed E-state index contributed by atoms with van der Waals surface area (Å²) in [6, 6.07) is 4.39. The largest absolute Gasteiger partial charge is 0.489 e. The number of halogens is 1. The van der Waals surface area contributed by atoms with Crippen LogP contribution in [0.1, 0.15) is 19.3 Å². The maximum atomic E-state index is 10.5. The molecule has 0 amide bonds. The third kappa shape index (κ3) is 2.87. The van der Waals surface area contributed by atoms with E-state index in [-0.39, 0.29) is 22.9 Å². The van der Waals surface area contributed by atoms with Gasteiger partial charge in [0.1, 0.15) is 11.9 Å². The van der Waals surface area contributed by atoms with Gasteiger partial charge < -0.3 is 10.5 Å². The summed E-state index contributed by atoms with van der Waals surface area (Å²) in [5.41, 5.74) is 5.74. The number of benzene rings is 1. The minimum atomic E-state index is -0.485. The van der Waals surface area contributed by atoms with Crippen LogP contribution in [0.5, 0.6) is 5.75 Å². The summed E-state index contributed by atoms with van der Waals surface area (Å²) in [7, 11) is 0. The first kappa shape index (κ1) is 12.1. The van der Waals surface area contributed by atoms with Gasteiger partial charge in [-0.3, -0.25) is 10.1 Å². The molecule has 92 valence electrons. The van der Waals surface area contributed by atoms with Gasteiger partial charge in [0.05, 0.1) is 9.95 Å². The highest BCUT2D eigenvalue weighted by atomic mass is 35.5. The Hall–Kier alpha value is -1.33. The summed E-state index contributed by atoms with van der Waals surface area (Å²) >= 11 is 5.93. The fourth-order valence-electron chi connectivity index (χ4n) is 1.96. The summed E-state index contributed by atoms with van der Waals surface area (Å²) in [6.07, 6.45) is 2.70. The molecule has 1 aromatic carbocycles. The van der Waals surface area contributed by atoms with Gasteiger partial charge in [0.15, 0.2) is 0 Å². The molecule has 2 N–H and O–H groups in total. The Morgan fingerprint density at radius 3 is 2.76 bits per heavy atom. The van der Waals surface area contributed by atoms with Gasteiger partial charge in [-0.05, 0) is 25.3 Å². The van der Waals surface area contributed by atoms with Crippen LogP contribution in [-0.4, -0.2) is 17.1 Å². The van der Waals surface area contributed by atoms with Gasteiger partial charge in [0, 0.05) is 18.2 Å². The average molecular weight is 257 g/mol. The van der Waals surface area contributed by atoms with Crippen LogP contribution < -0.4 is 10.5 Å². The zero-order valence-corrected chi connectivity index (χ0v) is 9.89. The lowest BCUT2D eigenvalue weighted by Gasteiger charge is -2.14. The maximum Gasteiger partial charge on any atom is 0.271 e. The Labute approximate surface area is 104 Å². The van der Waals surface area contributed by atoms with Crippen molar-refractivity contribution in [3.05, 3.63) is 33.3 Å². The van der Waals surface area contributed by atoms with Crippen molar-refractivity contribution in [2.24, 2.45) is 5.73 Å². The summed E-state index contributed by atoms with van der Waals surface area (Å²) in [4.78, 5) is 10.1. The van der Waals surface area contributed by atoms with E-state index in [2.05, 4.69) is 0 Å². The first-order valence-corrected chi connectivity index (χ1v) is 5.80. The van der Waals surface area contributed by atoms with E-state index in [0.29, 0.717) is 5.75 Å². The summed E-state index contributed by atoms with van der Waals surface area (Å²) in [5, 5.41) is 10.8. The van der Waals surface area contributed by atoms with Crippen LogP contribution >= 0.6 is 11.6 Å². The van der Waals surface area contributed by atoms with Gasteiger partial charge in [-0.1, -0.05) is 11.6 Å². The number of ether oxygens (including phenoxy) is 1. The fraction of sp³-hybridized carbons (Fsp3) is 0.455. The van der Waals surface area contributed by atoms with Crippen molar-refractivity contribution in [2.75, 3.05) is 0 Å². The highest BCUT2D eigenvalue weighted by Crippen LogP contribution is 2.32. The lowest BCUT2D eigenvalue weighted by atomic mass is 10.2. The van der Waals surface area contributed by atoms with Gasteiger partial charge in [-0.15, -0.1) is 0 Å². The molecule has 0 spiro atoms. The Balaban J connectivity index is 2.09. The molecular formula is C11H13ClN2O3. The van der Waals surface area contributed by atoms with E-state index in [1.54, 1.807) is 0 Å². The molecule has 1 aliphatic rings. The molecule has 1 aromatic rings. The number of nitro benzene ring substituents is 1. The van der Waals surface area contributed by atoms with Crippen molar-refractivity contribution in [2.45, 2.75) is 31.4 Å². The lowest BCUT2D eigenvalue weighted by molar-refractivity contribution is -0.384. The van der Waals surface area contributed by atoms with Gasteiger partial charge >= 0.3 is 0 Å². The topological polar surface area (TPSA) is 78.4 Å². The Morgan fingerprint density at radius 1 is 1.47 bits per heavy atom. The molecule has 0 bridgehead atoms. The predicted octanol–water partition coefficient (Wildman–Crippen LogP) is 2.51. The van der Waals surface area contributed by atoms with E-state index >= 15 is 0 Å². The maximum absolute atomic E-state index is 10.5. The zero-order valence-electron chi connectivity index (χ0n) is 9.14. The minimum Gasteiger partial charge on any atom is -0.489 e. The number of nitrogens with two attached hydrogens (primary N) is 1. The molecule has 1 aliphatic carbocycles. The van der Waals surface area contributed by atoms with Crippen molar-refractivity contribution in [1.29, 1.82) is 0 Å². The molecule has 2 atom stereocenters. The SMILES string of the molecule is NC1CCC(Oc2ccc([N+](=O)[O-])cc2Cl)C1. The molecule has 0 aromatic heterocycles. The highest BCUT2D eigenvalue weighted by molar-refractivity contribution is 6.32. The minimum absolute atomic E-state index is 0.0366. The monoisotopic (exact) mass is 256 g/mol.